The van der Waals surface area contributed by atoms with Gasteiger partial charge in [-0.05, 0) is 16.7 Å². The highest BCUT2D eigenvalue weighted by molar-refractivity contribution is 7.27. The van der Waals surface area contributed by atoms with Gasteiger partial charge in [0.2, 0.25) is 0 Å². The van der Waals surface area contributed by atoms with E-state index in [9.17, 15) is 0 Å². The summed E-state index contributed by atoms with van der Waals surface area (Å²) in [6.45, 7) is 4.00. The number of hydrogen-bond acceptors (Lipinski definition) is 1. The molecule has 2 atom stereocenters. The minimum Gasteiger partial charge on any atom is -0.256 e. The predicted octanol–water partition coefficient (Wildman–Crippen LogP) is 2.78. The first kappa shape index (κ1) is 13.3. The minimum atomic E-state index is 1.02. The van der Waals surface area contributed by atoms with Gasteiger partial charge < -0.3 is 0 Å². The van der Waals surface area contributed by atoms with Crippen LogP contribution < -0.4 is 10.6 Å². The molecular formula is C13H17NP2. The van der Waals surface area contributed by atoms with E-state index >= 15 is 0 Å². The first-order chi connectivity index (χ1) is 7.75. The Labute approximate surface area is 102 Å². The number of benzene rings is 1. The van der Waals surface area contributed by atoms with Crippen LogP contribution in [-0.4, -0.2) is 4.98 Å². The summed E-state index contributed by atoms with van der Waals surface area (Å²) in [5.74, 6) is 0. The Morgan fingerprint density at radius 1 is 0.812 bits per heavy atom. The van der Waals surface area contributed by atoms with Gasteiger partial charge in [0.15, 0.2) is 0 Å². The third-order valence-corrected chi connectivity index (χ3v) is 2.72. The molecule has 0 aliphatic carbocycles. The van der Waals surface area contributed by atoms with Crippen molar-refractivity contribution in [3.05, 3.63) is 42.6 Å². The Hall–Kier alpha value is -0.770. The van der Waals surface area contributed by atoms with Crippen LogP contribution in [0.4, 0.5) is 0 Å². The van der Waals surface area contributed by atoms with Crippen LogP contribution in [0.1, 0.15) is 13.8 Å². The molecule has 1 aromatic heterocycles. The molecule has 84 valence electrons. The van der Waals surface area contributed by atoms with Gasteiger partial charge in [0, 0.05) is 11.8 Å². The first-order valence-electron chi connectivity index (χ1n) is 5.33. The zero-order chi connectivity index (χ0) is 12.0. The molecule has 0 bridgehead atoms. The van der Waals surface area contributed by atoms with Crippen molar-refractivity contribution in [2.75, 3.05) is 0 Å². The average Bonchev–Trinajstić information content (AvgIpc) is 2.34. The summed E-state index contributed by atoms with van der Waals surface area (Å²) in [6, 6.07) is 12.4. The van der Waals surface area contributed by atoms with E-state index in [0.29, 0.717) is 0 Å². The van der Waals surface area contributed by atoms with E-state index in [0.717, 1.165) is 16.6 Å². The van der Waals surface area contributed by atoms with Crippen LogP contribution in [-0.2, 0) is 0 Å². The van der Waals surface area contributed by atoms with Crippen LogP contribution in [0.5, 0.6) is 0 Å². The Morgan fingerprint density at radius 2 is 1.38 bits per heavy atom. The molecular weight excluding hydrogens is 232 g/mol. The summed E-state index contributed by atoms with van der Waals surface area (Å²) < 4.78 is 0. The van der Waals surface area contributed by atoms with Gasteiger partial charge in [-0.15, -0.1) is 18.5 Å². The van der Waals surface area contributed by atoms with Gasteiger partial charge in [0.05, 0.1) is 5.69 Å². The molecule has 2 aromatic rings. The van der Waals surface area contributed by atoms with Gasteiger partial charge in [0.25, 0.3) is 0 Å². The molecule has 0 spiro atoms. The highest BCUT2D eigenvalue weighted by Gasteiger charge is 1.97. The highest BCUT2D eigenvalue weighted by atomic mass is 31.0. The maximum absolute atomic E-state index is 4.35. The number of hydrogen-bond donors (Lipinski definition) is 0. The molecule has 1 heterocycles. The zero-order valence-corrected chi connectivity index (χ0v) is 12.0. The lowest BCUT2D eigenvalue weighted by atomic mass is 10.1. The van der Waals surface area contributed by atoms with Gasteiger partial charge in [-0.3, -0.25) is 4.98 Å². The number of nitrogens with zero attached hydrogens (tertiary/aromatic N) is 1. The third kappa shape index (κ3) is 3.67. The molecule has 2 rings (SSSR count). The molecule has 0 N–H and O–H groups in total. The lowest BCUT2D eigenvalue weighted by molar-refractivity contribution is 1.35. The van der Waals surface area contributed by atoms with Crippen molar-refractivity contribution in [3.63, 3.8) is 0 Å². The predicted molar refractivity (Wildman–Crippen MR) is 79.7 cm³/mol. The lowest BCUT2D eigenvalue weighted by Gasteiger charge is -2.01. The fourth-order valence-corrected chi connectivity index (χ4v) is 1.59. The van der Waals surface area contributed by atoms with Crippen molar-refractivity contribution in [1.29, 1.82) is 0 Å². The molecule has 1 aromatic carbocycles. The van der Waals surface area contributed by atoms with E-state index in [2.05, 4.69) is 47.7 Å². The molecule has 2 unspecified atom stereocenters. The van der Waals surface area contributed by atoms with E-state index in [-0.39, 0.29) is 0 Å². The summed E-state index contributed by atoms with van der Waals surface area (Å²) in [5.41, 5.74) is 2.17. The van der Waals surface area contributed by atoms with Crippen molar-refractivity contribution >= 4 is 29.1 Å². The fraction of sp³-hybridized carbons (Fsp3) is 0.154. The van der Waals surface area contributed by atoms with Crippen LogP contribution in [0.25, 0.3) is 11.3 Å². The van der Waals surface area contributed by atoms with Gasteiger partial charge in [-0.2, -0.15) is 0 Å². The van der Waals surface area contributed by atoms with Crippen LogP contribution >= 0.6 is 18.5 Å². The maximum Gasteiger partial charge on any atom is 0.0702 e. The fourth-order valence-electron chi connectivity index (χ4n) is 1.23. The van der Waals surface area contributed by atoms with Crippen LogP contribution in [0.2, 0.25) is 0 Å². The SMILES string of the molecule is CC.Pc1ccc(-c2ccc(P)cn2)cc1. The Balaban J connectivity index is 0.000000606. The van der Waals surface area contributed by atoms with Gasteiger partial charge in [-0.1, -0.05) is 44.2 Å². The van der Waals surface area contributed by atoms with Crippen LogP contribution in [0.15, 0.2) is 42.6 Å². The van der Waals surface area contributed by atoms with Crippen LogP contribution in [0.3, 0.4) is 0 Å². The van der Waals surface area contributed by atoms with Crippen molar-refractivity contribution in [1.82, 2.24) is 4.98 Å². The van der Waals surface area contributed by atoms with E-state index in [1.54, 1.807) is 0 Å². The summed E-state index contributed by atoms with van der Waals surface area (Å²) >= 11 is 0. The van der Waals surface area contributed by atoms with Gasteiger partial charge in [0.1, 0.15) is 0 Å². The van der Waals surface area contributed by atoms with Crippen molar-refractivity contribution in [2.45, 2.75) is 13.8 Å². The highest BCUT2D eigenvalue weighted by Crippen LogP contribution is 2.14. The Kier molecular flexibility index (Phi) is 5.60. The molecule has 0 amide bonds. The smallest absolute Gasteiger partial charge is 0.0702 e. The Morgan fingerprint density at radius 3 is 1.88 bits per heavy atom. The molecule has 0 aliphatic rings. The number of pyridine rings is 1. The van der Waals surface area contributed by atoms with E-state index < -0.39 is 0 Å². The first-order valence-corrected chi connectivity index (χ1v) is 6.48. The van der Waals surface area contributed by atoms with E-state index in [1.807, 2.05) is 32.2 Å². The second-order valence-corrected chi connectivity index (χ2v) is 4.43. The van der Waals surface area contributed by atoms with Crippen molar-refractivity contribution in [2.24, 2.45) is 0 Å². The molecule has 3 heteroatoms. The largest absolute Gasteiger partial charge is 0.256 e. The molecule has 0 saturated carbocycles. The summed E-state index contributed by atoms with van der Waals surface area (Å²) in [5, 5.41) is 2.30. The maximum atomic E-state index is 4.35. The van der Waals surface area contributed by atoms with Gasteiger partial charge in [-0.25, -0.2) is 0 Å². The lowest BCUT2D eigenvalue weighted by Crippen LogP contribution is -1.94. The second kappa shape index (κ2) is 6.74. The van der Waals surface area contributed by atoms with Crippen LogP contribution in [0, 0.1) is 0 Å². The monoisotopic (exact) mass is 249 g/mol. The van der Waals surface area contributed by atoms with Crippen molar-refractivity contribution < 1.29 is 0 Å². The molecule has 0 fully saturated rings. The van der Waals surface area contributed by atoms with Crippen molar-refractivity contribution in [3.8, 4) is 11.3 Å². The molecule has 16 heavy (non-hydrogen) atoms. The standard InChI is InChI=1S/C11H11NP2.C2H6/c13-9-3-1-8(2-4-9)11-6-5-10(14)7-12-11;1-2/h1-7H,13-14H2;1-2H3. The molecule has 1 nitrogen and oxygen atoms in total. The summed E-state index contributed by atoms with van der Waals surface area (Å²) in [7, 11) is 5.30. The third-order valence-electron chi connectivity index (χ3n) is 1.99. The zero-order valence-electron chi connectivity index (χ0n) is 9.64. The topological polar surface area (TPSA) is 12.9 Å². The van der Waals surface area contributed by atoms with E-state index in [4.69, 9.17) is 0 Å². The average molecular weight is 249 g/mol. The summed E-state index contributed by atoms with van der Waals surface area (Å²) in [6.07, 6.45) is 1.86. The number of rotatable bonds is 1. The van der Waals surface area contributed by atoms with Gasteiger partial charge >= 0.3 is 0 Å². The molecule has 0 aliphatic heterocycles. The normalized spacial score (nSPS) is 9.25. The molecule has 0 radical (unpaired) electrons. The Bertz CT molecular complexity index is 377. The van der Waals surface area contributed by atoms with E-state index in [1.165, 1.54) is 5.30 Å². The summed E-state index contributed by atoms with van der Waals surface area (Å²) in [4.78, 5) is 4.35. The quantitative estimate of drug-likeness (QED) is 0.708. The number of aromatic nitrogens is 1. The molecule has 0 saturated heterocycles. The minimum absolute atomic E-state index is 1.02. The second-order valence-electron chi connectivity index (χ2n) is 3.10.